The van der Waals surface area contributed by atoms with Gasteiger partial charge < -0.3 is 19.5 Å². The number of aliphatic carboxylic acids is 1. The fourth-order valence-corrected chi connectivity index (χ4v) is 14.4. The molecule has 7 nitrogen and oxygen atoms in total. The van der Waals surface area contributed by atoms with Crippen molar-refractivity contribution in [3.05, 3.63) is 12.2 Å². The first-order chi connectivity index (χ1) is 23.1. The van der Waals surface area contributed by atoms with E-state index in [2.05, 4.69) is 66.9 Å². The van der Waals surface area contributed by atoms with Gasteiger partial charge in [-0.05, 0) is 136 Å². The molecule has 1 heterocycles. The van der Waals surface area contributed by atoms with Gasteiger partial charge in [0.15, 0.2) is 0 Å². The van der Waals surface area contributed by atoms with Crippen LogP contribution in [-0.2, 0) is 23.9 Å². The number of nitrogens with zero attached hydrogens (tertiary/aromatic N) is 1. The maximum absolute atomic E-state index is 14.9. The third-order valence-corrected chi connectivity index (χ3v) is 16.7. The van der Waals surface area contributed by atoms with Gasteiger partial charge in [-0.3, -0.25) is 14.4 Å². The molecular formula is C43H69NO6. The van der Waals surface area contributed by atoms with Crippen LogP contribution in [0.3, 0.4) is 0 Å². The molecule has 6 aliphatic rings. The predicted octanol–water partition coefficient (Wildman–Crippen LogP) is 9.08. The number of carbonyl (C=O) groups is 3. The summed E-state index contributed by atoms with van der Waals surface area (Å²) < 4.78 is 12.3. The molecule has 12 atom stereocenters. The Hall–Kier alpha value is -1.89. The quantitative estimate of drug-likeness (QED) is 0.211. The minimum atomic E-state index is -0.884. The summed E-state index contributed by atoms with van der Waals surface area (Å²) in [5.74, 6) is 1.52. The molecule has 50 heavy (non-hydrogen) atoms. The zero-order valence-corrected chi connectivity index (χ0v) is 33.2. The maximum Gasteiger partial charge on any atom is 0.306 e. The number of allylic oxidation sites excluding steroid dienone is 1. The Morgan fingerprint density at radius 3 is 2.12 bits per heavy atom. The van der Waals surface area contributed by atoms with Gasteiger partial charge in [0.25, 0.3) is 0 Å². The van der Waals surface area contributed by atoms with Gasteiger partial charge in [-0.15, -0.1) is 0 Å². The third kappa shape index (κ3) is 5.81. The minimum absolute atomic E-state index is 0.0498. The second-order valence-corrected chi connectivity index (χ2v) is 20.6. The van der Waals surface area contributed by atoms with Crippen LogP contribution < -0.4 is 0 Å². The summed E-state index contributed by atoms with van der Waals surface area (Å²) in [6.45, 7) is 28.5. The molecule has 1 aliphatic heterocycles. The SMILES string of the molecule is C=C(C)[C@@H]1CC[C@]2(C(=O)N3CC(C)OC(C)C3)CC[C@]3(C)[C@H](CCC4[C@@]5(C)CC[C@H](OC(=O)CC(C)(C)CC(=O)O)C(C)(C)C5CC[C@]43C)[C@@H]12. The smallest absolute Gasteiger partial charge is 0.306 e. The van der Waals surface area contributed by atoms with E-state index in [4.69, 9.17) is 9.47 Å². The summed E-state index contributed by atoms with van der Waals surface area (Å²) in [6, 6.07) is 0. The van der Waals surface area contributed by atoms with Gasteiger partial charge in [0.2, 0.25) is 5.91 Å². The number of hydrogen-bond donors (Lipinski definition) is 1. The number of ether oxygens (including phenoxy) is 2. The molecule has 7 heteroatoms. The monoisotopic (exact) mass is 696 g/mol. The van der Waals surface area contributed by atoms with Crippen LogP contribution in [0.5, 0.6) is 0 Å². The Labute approximate surface area is 303 Å². The van der Waals surface area contributed by atoms with E-state index in [0.29, 0.717) is 48.6 Å². The highest BCUT2D eigenvalue weighted by molar-refractivity contribution is 5.84. The Morgan fingerprint density at radius 1 is 0.840 bits per heavy atom. The fourth-order valence-electron chi connectivity index (χ4n) is 14.4. The molecule has 6 fully saturated rings. The lowest BCUT2D eigenvalue weighted by atomic mass is 9.32. The van der Waals surface area contributed by atoms with Crippen LogP contribution in [0.25, 0.3) is 0 Å². The normalized spacial score (nSPS) is 45.4. The molecular weight excluding hydrogens is 626 g/mol. The summed E-state index contributed by atoms with van der Waals surface area (Å²) in [5, 5.41) is 9.34. The van der Waals surface area contributed by atoms with Gasteiger partial charge >= 0.3 is 11.9 Å². The van der Waals surface area contributed by atoms with Gasteiger partial charge in [0, 0.05) is 18.5 Å². The van der Waals surface area contributed by atoms with E-state index in [0.717, 1.165) is 44.9 Å². The first-order valence-corrected chi connectivity index (χ1v) is 20.1. The molecule has 0 spiro atoms. The number of carbonyl (C=O) groups excluding carboxylic acids is 2. The third-order valence-electron chi connectivity index (χ3n) is 16.7. The number of carboxylic acids is 1. The fraction of sp³-hybridized carbons (Fsp3) is 0.884. The zero-order chi connectivity index (χ0) is 36.8. The largest absolute Gasteiger partial charge is 0.481 e. The molecule has 4 unspecified atom stereocenters. The van der Waals surface area contributed by atoms with Crippen molar-refractivity contribution in [1.82, 2.24) is 4.90 Å². The van der Waals surface area contributed by atoms with Crippen LogP contribution in [0, 0.1) is 62.1 Å². The molecule has 5 saturated carbocycles. The van der Waals surface area contributed by atoms with E-state index in [-0.39, 0.29) is 64.2 Å². The van der Waals surface area contributed by atoms with Crippen molar-refractivity contribution in [3.8, 4) is 0 Å². The van der Waals surface area contributed by atoms with E-state index < -0.39 is 11.4 Å². The zero-order valence-electron chi connectivity index (χ0n) is 33.2. The summed E-state index contributed by atoms with van der Waals surface area (Å²) in [7, 11) is 0. The number of morpholine rings is 1. The van der Waals surface area contributed by atoms with Gasteiger partial charge in [0.05, 0.1) is 30.5 Å². The topological polar surface area (TPSA) is 93.1 Å². The number of esters is 1. The van der Waals surface area contributed by atoms with Crippen LogP contribution in [-0.4, -0.2) is 59.3 Å². The molecule has 282 valence electrons. The highest BCUT2D eigenvalue weighted by atomic mass is 16.5. The molecule has 0 radical (unpaired) electrons. The van der Waals surface area contributed by atoms with Crippen molar-refractivity contribution >= 4 is 17.8 Å². The van der Waals surface area contributed by atoms with Gasteiger partial charge in [0.1, 0.15) is 6.10 Å². The van der Waals surface area contributed by atoms with E-state index in [1.165, 1.54) is 24.8 Å². The van der Waals surface area contributed by atoms with Gasteiger partial charge in [-0.1, -0.05) is 60.6 Å². The molecule has 6 rings (SSSR count). The average molecular weight is 696 g/mol. The average Bonchev–Trinajstić information content (AvgIpc) is 3.38. The van der Waals surface area contributed by atoms with E-state index in [1.54, 1.807) is 0 Å². The molecule has 1 amide bonds. The van der Waals surface area contributed by atoms with Crippen molar-refractivity contribution < 1.29 is 29.0 Å². The molecule has 5 aliphatic carbocycles. The first-order valence-electron chi connectivity index (χ1n) is 20.1. The van der Waals surface area contributed by atoms with E-state index in [1.807, 2.05) is 13.8 Å². The Bertz CT molecular complexity index is 1380. The highest BCUT2D eigenvalue weighted by Gasteiger charge is 2.72. The molecule has 1 N–H and O–H groups in total. The second kappa shape index (κ2) is 12.6. The second-order valence-electron chi connectivity index (χ2n) is 20.6. The maximum atomic E-state index is 14.9. The van der Waals surface area contributed by atoms with E-state index >= 15 is 0 Å². The number of carboxylic acid groups (broad SMARTS) is 1. The van der Waals surface area contributed by atoms with Crippen molar-refractivity contribution in [2.75, 3.05) is 13.1 Å². The number of hydrogen-bond acceptors (Lipinski definition) is 5. The first kappa shape index (κ1) is 37.9. The Kier molecular flexibility index (Phi) is 9.55. The molecule has 0 bridgehead atoms. The number of fused-ring (bicyclic) bond motifs is 7. The Balaban J connectivity index is 1.26. The predicted molar refractivity (Wildman–Crippen MR) is 196 cm³/mol. The van der Waals surface area contributed by atoms with E-state index in [9.17, 15) is 19.5 Å². The van der Waals surface area contributed by atoms with Crippen LogP contribution in [0.15, 0.2) is 12.2 Å². The summed E-state index contributed by atoms with van der Waals surface area (Å²) in [6.07, 6.45) is 10.8. The summed E-state index contributed by atoms with van der Waals surface area (Å²) in [4.78, 5) is 41.7. The summed E-state index contributed by atoms with van der Waals surface area (Å²) in [5.41, 5.74) is 0.617. The van der Waals surface area contributed by atoms with Gasteiger partial charge in [-0.25, -0.2) is 0 Å². The molecule has 0 aromatic rings. The lowest BCUT2D eigenvalue weighted by molar-refractivity contribution is -0.250. The van der Waals surface area contributed by atoms with Crippen molar-refractivity contribution in [3.63, 3.8) is 0 Å². The summed E-state index contributed by atoms with van der Waals surface area (Å²) >= 11 is 0. The highest BCUT2D eigenvalue weighted by Crippen LogP contribution is 2.77. The van der Waals surface area contributed by atoms with Crippen LogP contribution >= 0.6 is 0 Å². The van der Waals surface area contributed by atoms with Crippen LogP contribution in [0.1, 0.15) is 146 Å². The molecule has 1 saturated heterocycles. The van der Waals surface area contributed by atoms with Crippen LogP contribution in [0.4, 0.5) is 0 Å². The minimum Gasteiger partial charge on any atom is -0.481 e. The van der Waals surface area contributed by atoms with Crippen LogP contribution in [0.2, 0.25) is 0 Å². The van der Waals surface area contributed by atoms with Crippen molar-refractivity contribution in [2.45, 2.75) is 165 Å². The van der Waals surface area contributed by atoms with Crippen molar-refractivity contribution in [2.24, 2.45) is 62.1 Å². The standard InChI is InChI=1S/C43H69NO6/c1-26(2)29-14-19-43(37(48)44-24-27(3)49-28(4)25-44)21-20-41(10)30(36(29)43)12-13-32-40(9)17-16-33(39(7,8)31(40)15-18-42(32,41)11)50-35(47)23-38(5,6)22-34(45)46/h27-33,36H,1,12-25H2,2-11H3,(H,45,46)/t27?,28?,29-,30+,31?,32?,33-,36+,40-,41+,42+,43-/m0/s1. The van der Waals surface area contributed by atoms with Crippen molar-refractivity contribution in [1.29, 1.82) is 0 Å². The molecule has 0 aromatic carbocycles. The lowest BCUT2D eigenvalue weighted by Crippen LogP contribution is -2.68. The number of amides is 1. The van der Waals surface area contributed by atoms with Gasteiger partial charge in [-0.2, -0.15) is 0 Å². The molecule has 0 aromatic heterocycles. The number of rotatable bonds is 7. The lowest BCUT2D eigenvalue weighted by Gasteiger charge is -2.73. The Morgan fingerprint density at radius 2 is 1.50 bits per heavy atom.